The molecule has 1 saturated heterocycles. The minimum atomic E-state index is -1.54. The van der Waals surface area contributed by atoms with Crippen LogP contribution in [0.5, 0.6) is 0 Å². The third-order valence-corrected chi connectivity index (χ3v) is 6.36. The van der Waals surface area contributed by atoms with Gasteiger partial charge in [-0.25, -0.2) is 4.68 Å². The Kier molecular flexibility index (Phi) is 3.30. The average Bonchev–Trinajstić information content (AvgIpc) is 3.46. The highest BCUT2D eigenvalue weighted by atomic mass is 35.5. The van der Waals surface area contributed by atoms with Crippen LogP contribution in [-0.2, 0) is 4.74 Å². The molecule has 2 saturated carbocycles. The van der Waals surface area contributed by atoms with E-state index in [0.717, 1.165) is 48.8 Å². The molecule has 1 spiro atoms. The summed E-state index contributed by atoms with van der Waals surface area (Å²) >= 11 is 6.61. The maximum absolute atomic E-state index is 10.0. The zero-order valence-corrected chi connectivity index (χ0v) is 14.2. The summed E-state index contributed by atoms with van der Waals surface area (Å²) < 4.78 is 7.68. The normalized spacial score (nSPS) is 27.6. The second-order valence-electron chi connectivity index (χ2n) is 7.52. The number of aromatic nitrogens is 2. The maximum atomic E-state index is 10.0. The Hall–Kier alpha value is -1.08. The van der Waals surface area contributed by atoms with Crippen molar-refractivity contribution < 1.29 is 14.8 Å². The number of fused-ring (bicyclic) bond motifs is 1. The van der Waals surface area contributed by atoms with Gasteiger partial charge in [-0.1, -0.05) is 11.6 Å². The van der Waals surface area contributed by atoms with E-state index in [1.807, 2.05) is 10.7 Å². The minimum absolute atomic E-state index is 0.0995. The standard InChI is InChI=1S/C17H20BClN2O3/c19-12-7-13-10(9-20-21(13)14-3-1-2-6-24-14)16(18(22)23)15(12)11-8-17(11)4-5-17/h7,9,11,14,22-23H,1-6,8H2. The predicted molar refractivity (Wildman–Crippen MR) is 92.4 cm³/mol. The van der Waals surface area contributed by atoms with E-state index in [0.29, 0.717) is 21.8 Å². The zero-order valence-electron chi connectivity index (χ0n) is 13.4. The molecule has 5 rings (SSSR count). The Morgan fingerprint density at radius 2 is 2.17 bits per heavy atom. The maximum Gasteiger partial charge on any atom is 0.489 e. The van der Waals surface area contributed by atoms with E-state index >= 15 is 0 Å². The van der Waals surface area contributed by atoms with Gasteiger partial charge in [0.15, 0.2) is 6.23 Å². The molecule has 0 amide bonds. The molecule has 126 valence electrons. The highest BCUT2D eigenvalue weighted by Gasteiger charge is 2.64. The van der Waals surface area contributed by atoms with E-state index in [9.17, 15) is 10.0 Å². The first-order valence-electron chi connectivity index (χ1n) is 8.78. The number of hydrogen-bond acceptors (Lipinski definition) is 4. The summed E-state index contributed by atoms with van der Waals surface area (Å²) in [6, 6.07) is 1.93. The number of rotatable bonds is 3. The van der Waals surface area contributed by atoms with Gasteiger partial charge in [0.2, 0.25) is 0 Å². The molecule has 0 bridgehead atoms. The highest BCUT2D eigenvalue weighted by Crippen LogP contribution is 2.75. The fourth-order valence-electron chi connectivity index (χ4n) is 4.44. The fourth-order valence-corrected chi connectivity index (χ4v) is 4.78. The molecule has 3 aliphatic rings. The van der Waals surface area contributed by atoms with Crippen LogP contribution in [0.3, 0.4) is 0 Å². The van der Waals surface area contributed by atoms with Crippen LogP contribution >= 0.6 is 11.6 Å². The van der Waals surface area contributed by atoms with E-state index in [2.05, 4.69) is 5.10 Å². The van der Waals surface area contributed by atoms with Gasteiger partial charge in [0, 0.05) is 17.0 Å². The van der Waals surface area contributed by atoms with Crippen molar-refractivity contribution in [1.82, 2.24) is 9.78 Å². The molecule has 2 atom stereocenters. The van der Waals surface area contributed by atoms with E-state index in [4.69, 9.17) is 16.3 Å². The summed E-state index contributed by atoms with van der Waals surface area (Å²) in [5, 5.41) is 26.0. The molecule has 2 heterocycles. The molecule has 2 aliphatic carbocycles. The monoisotopic (exact) mass is 346 g/mol. The van der Waals surface area contributed by atoms with Crippen LogP contribution in [0, 0.1) is 5.41 Å². The predicted octanol–water partition coefficient (Wildman–Crippen LogP) is 2.34. The molecular weight excluding hydrogens is 326 g/mol. The van der Waals surface area contributed by atoms with E-state index < -0.39 is 7.12 Å². The number of hydrogen-bond donors (Lipinski definition) is 2. The van der Waals surface area contributed by atoms with Crippen molar-refractivity contribution in [2.45, 2.75) is 50.7 Å². The first-order valence-corrected chi connectivity index (χ1v) is 9.16. The van der Waals surface area contributed by atoms with Crippen molar-refractivity contribution >= 4 is 35.1 Å². The lowest BCUT2D eigenvalue weighted by atomic mass is 9.73. The molecule has 2 N–H and O–H groups in total. The molecule has 5 nitrogen and oxygen atoms in total. The number of nitrogens with zero attached hydrogens (tertiary/aromatic N) is 2. The van der Waals surface area contributed by atoms with Crippen molar-refractivity contribution in [1.29, 1.82) is 0 Å². The Labute approximate surface area is 145 Å². The Morgan fingerprint density at radius 3 is 2.79 bits per heavy atom. The summed E-state index contributed by atoms with van der Waals surface area (Å²) in [4.78, 5) is 0. The minimum Gasteiger partial charge on any atom is -0.423 e. The van der Waals surface area contributed by atoms with Crippen molar-refractivity contribution in [3.63, 3.8) is 0 Å². The average molecular weight is 347 g/mol. The Balaban J connectivity index is 1.66. The smallest absolute Gasteiger partial charge is 0.423 e. The molecular formula is C17H20BClN2O3. The van der Waals surface area contributed by atoms with Gasteiger partial charge in [0.1, 0.15) is 0 Å². The highest BCUT2D eigenvalue weighted by molar-refractivity contribution is 6.63. The van der Waals surface area contributed by atoms with Crippen molar-refractivity contribution in [3.05, 3.63) is 22.8 Å². The molecule has 1 aromatic carbocycles. The van der Waals surface area contributed by atoms with Gasteiger partial charge >= 0.3 is 7.12 Å². The van der Waals surface area contributed by atoms with Crippen LogP contribution in [0.25, 0.3) is 10.9 Å². The molecule has 0 radical (unpaired) electrons. The van der Waals surface area contributed by atoms with Crippen LogP contribution in [0.4, 0.5) is 0 Å². The largest absolute Gasteiger partial charge is 0.489 e. The number of halogens is 1. The van der Waals surface area contributed by atoms with Crippen LogP contribution in [0.1, 0.15) is 56.2 Å². The third kappa shape index (κ3) is 2.17. The molecule has 1 aromatic heterocycles. The summed E-state index contributed by atoms with van der Waals surface area (Å²) in [6.45, 7) is 0.734. The first-order chi connectivity index (χ1) is 11.6. The number of benzene rings is 1. The van der Waals surface area contributed by atoms with Crippen molar-refractivity contribution in [3.8, 4) is 0 Å². The molecule has 7 heteroatoms. The molecule has 3 fully saturated rings. The Morgan fingerprint density at radius 1 is 1.33 bits per heavy atom. The van der Waals surface area contributed by atoms with Gasteiger partial charge in [-0.15, -0.1) is 0 Å². The van der Waals surface area contributed by atoms with Gasteiger partial charge in [-0.2, -0.15) is 5.10 Å². The summed E-state index contributed by atoms with van der Waals surface area (Å²) in [5.41, 5.74) is 2.67. The number of ether oxygens (including phenoxy) is 1. The summed E-state index contributed by atoms with van der Waals surface area (Å²) in [5.74, 6) is 0.362. The van der Waals surface area contributed by atoms with Gasteiger partial charge in [0.25, 0.3) is 0 Å². The van der Waals surface area contributed by atoms with E-state index in [1.165, 1.54) is 12.8 Å². The van der Waals surface area contributed by atoms with Crippen molar-refractivity contribution in [2.75, 3.05) is 6.61 Å². The quantitative estimate of drug-likeness (QED) is 0.837. The fraction of sp³-hybridized carbons (Fsp3) is 0.588. The molecule has 1 aliphatic heterocycles. The molecule has 2 unspecified atom stereocenters. The summed E-state index contributed by atoms with van der Waals surface area (Å²) in [7, 11) is -1.54. The van der Waals surface area contributed by atoms with E-state index in [1.54, 1.807) is 6.20 Å². The van der Waals surface area contributed by atoms with Gasteiger partial charge in [0.05, 0.1) is 11.7 Å². The van der Waals surface area contributed by atoms with Gasteiger partial charge in [-0.05, 0) is 67.0 Å². The van der Waals surface area contributed by atoms with Gasteiger partial charge < -0.3 is 14.8 Å². The first kappa shape index (κ1) is 15.2. The third-order valence-electron chi connectivity index (χ3n) is 6.05. The second kappa shape index (κ2) is 5.21. The lowest BCUT2D eigenvalue weighted by Gasteiger charge is -2.24. The van der Waals surface area contributed by atoms with Crippen LogP contribution in [0.15, 0.2) is 12.3 Å². The molecule has 2 aromatic rings. The summed E-state index contributed by atoms with van der Waals surface area (Å²) in [6.07, 6.45) is 8.28. The lowest BCUT2D eigenvalue weighted by molar-refractivity contribution is -0.0366. The lowest BCUT2D eigenvalue weighted by Crippen LogP contribution is -2.34. The van der Waals surface area contributed by atoms with Crippen LogP contribution < -0.4 is 5.46 Å². The topological polar surface area (TPSA) is 67.5 Å². The SMILES string of the molecule is OB(O)c1c(C2CC23CC3)c(Cl)cc2c1cnn2C1CCCCO1. The Bertz CT molecular complexity index is 812. The van der Waals surface area contributed by atoms with Gasteiger partial charge in [-0.3, -0.25) is 0 Å². The van der Waals surface area contributed by atoms with Crippen molar-refractivity contribution in [2.24, 2.45) is 5.41 Å². The van der Waals surface area contributed by atoms with Crippen LogP contribution in [0.2, 0.25) is 5.02 Å². The molecule has 24 heavy (non-hydrogen) atoms. The van der Waals surface area contributed by atoms with Crippen LogP contribution in [-0.4, -0.2) is 33.6 Å². The van der Waals surface area contributed by atoms with E-state index in [-0.39, 0.29) is 6.23 Å². The zero-order chi connectivity index (χ0) is 16.5. The second-order valence-corrected chi connectivity index (χ2v) is 7.93.